The van der Waals surface area contributed by atoms with Crippen LogP contribution >= 0.6 is 0 Å². The third-order valence-corrected chi connectivity index (χ3v) is 9.04. The molecule has 2 aromatic rings. The molecule has 3 amide bonds. The molecule has 1 aromatic heterocycles. The largest absolute Gasteiger partial charge is 0.465 e. The molecule has 1 aliphatic carbocycles. The van der Waals surface area contributed by atoms with Gasteiger partial charge in [0.15, 0.2) is 5.69 Å². The molecule has 2 saturated heterocycles. The van der Waals surface area contributed by atoms with Crippen molar-refractivity contribution in [1.82, 2.24) is 24.3 Å². The lowest BCUT2D eigenvalue weighted by Crippen LogP contribution is -2.56. The number of imidazole rings is 1. The minimum atomic E-state index is -1.11. The van der Waals surface area contributed by atoms with Gasteiger partial charge in [0.2, 0.25) is 0 Å². The lowest BCUT2D eigenvalue weighted by molar-refractivity contribution is -0.0893. The molecular weight excluding hydrogens is 554 g/mol. The van der Waals surface area contributed by atoms with Crippen molar-refractivity contribution in [3.63, 3.8) is 0 Å². The molecule has 12 heteroatoms. The molecule has 0 radical (unpaired) electrons. The molecule has 3 fully saturated rings. The summed E-state index contributed by atoms with van der Waals surface area (Å²) in [5.74, 6) is -0.318. The molecule has 3 atom stereocenters. The lowest BCUT2D eigenvalue weighted by Gasteiger charge is -2.41. The highest BCUT2D eigenvalue weighted by Crippen LogP contribution is 2.41. The summed E-state index contributed by atoms with van der Waals surface area (Å²) in [6, 6.07) is 8.70. The van der Waals surface area contributed by atoms with Crippen molar-refractivity contribution in [2.75, 3.05) is 53.0 Å². The van der Waals surface area contributed by atoms with Crippen molar-refractivity contribution in [2.45, 2.75) is 69.1 Å². The number of aromatic nitrogens is 2. The van der Waals surface area contributed by atoms with E-state index in [4.69, 9.17) is 9.47 Å². The maximum absolute atomic E-state index is 14.3. The summed E-state index contributed by atoms with van der Waals surface area (Å²) < 4.78 is 12.9. The maximum atomic E-state index is 14.3. The molecule has 5 rings (SSSR count). The Morgan fingerprint density at radius 1 is 1.00 bits per heavy atom. The van der Waals surface area contributed by atoms with E-state index in [0.717, 1.165) is 37.7 Å². The number of hydrogen-bond acceptors (Lipinski definition) is 7. The summed E-state index contributed by atoms with van der Waals surface area (Å²) in [5.41, 5.74) is 0.550. The average Bonchev–Trinajstić information content (AvgIpc) is 3.46. The van der Waals surface area contributed by atoms with Crippen molar-refractivity contribution >= 4 is 18.1 Å². The van der Waals surface area contributed by atoms with Crippen LogP contribution < -0.4 is 0 Å². The number of amides is 3. The molecule has 3 heterocycles. The van der Waals surface area contributed by atoms with Crippen LogP contribution in [0, 0.1) is 0 Å². The molecule has 1 aromatic carbocycles. The first-order valence-corrected chi connectivity index (χ1v) is 15.4. The first-order valence-electron chi connectivity index (χ1n) is 15.4. The molecule has 2 aliphatic heterocycles. The van der Waals surface area contributed by atoms with Gasteiger partial charge >= 0.3 is 12.2 Å². The zero-order valence-electron chi connectivity index (χ0n) is 24.9. The molecule has 0 unspecified atom stereocenters. The number of methoxy groups -OCH3 is 1. The SMILES string of the molecule is COC[C@]1(O)CCCC[C@H]1n1cnc(C(=O)N2CCN(C(=O)O)C[C@H]2CCOC(=O)N2CCCCC2)c1-c1ccccc1. The van der Waals surface area contributed by atoms with Crippen LogP contribution in [-0.4, -0.2) is 117 Å². The van der Waals surface area contributed by atoms with Crippen molar-refractivity contribution in [1.29, 1.82) is 0 Å². The van der Waals surface area contributed by atoms with E-state index in [0.29, 0.717) is 38.0 Å². The Bertz CT molecular complexity index is 1260. The monoisotopic (exact) mass is 597 g/mol. The number of ether oxygens (including phenoxy) is 2. The number of carboxylic acid groups (broad SMARTS) is 1. The zero-order chi connectivity index (χ0) is 30.4. The number of piperazine rings is 1. The third-order valence-electron chi connectivity index (χ3n) is 9.04. The Hall–Kier alpha value is -3.64. The molecule has 12 nitrogen and oxygen atoms in total. The summed E-state index contributed by atoms with van der Waals surface area (Å²) in [4.78, 5) is 48.0. The van der Waals surface area contributed by atoms with Crippen LogP contribution in [0.4, 0.5) is 9.59 Å². The maximum Gasteiger partial charge on any atom is 0.409 e. The van der Waals surface area contributed by atoms with Crippen LogP contribution in [0.2, 0.25) is 0 Å². The van der Waals surface area contributed by atoms with E-state index in [2.05, 4.69) is 4.98 Å². The second-order valence-electron chi connectivity index (χ2n) is 11.8. The summed E-state index contributed by atoms with van der Waals surface area (Å²) in [7, 11) is 1.57. The Kier molecular flexibility index (Phi) is 9.86. The van der Waals surface area contributed by atoms with Crippen molar-refractivity contribution in [3.8, 4) is 11.3 Å². The Morgan fingerprint density at radius 2 is 1.77 bits per heavy atom. The fourth-order valence-electron chi connectivity index (χ4n) is 6.79. The minimum absolute atomic E-state index is 0.0728. The molecule has 43 heavy (non-hydrogen) atoms. The summed E-state index contributed by atoms with van der Waals surface area (Å²) in [6.07, 6.45) is 6.63. The Labute approximate surface area is 252 Å². The van der Waals surface area contributed by atoms with Gasteiger partial charge in [-0.2, -0.15) is 0 Å². The lowest BCUT2D eigenvalue weighted by atomic mass is 9.80. The molecular formula is C31H43N5O7. The van der Waals surface area contributed by atoms with Gasteiger partial charge < -0.3 is 39.0 Å². The van der Waals surface area contributed by atoms with Gasteiger partial charge in [-0.1, -0.05) is 43.2 Å². The van der Waals surface area contributed by atoms with Gasteiger partial charge in [0.1, 0.15) is 5.60 Å². The second-order valence-corrected chi connectivity index (χ2v) is 11.8. The number of likely N-dealkylation sites (tertiary alicyclic amines) is 1. The van der Waals surface area contributed by atoms with E-state index < -0.39 is 17.7 Å². The van der Waals surface area contributed by atoms with E-state index in [1.165, 1.54) is 4.90 Å². The second kappa shape index (κ2) is 13.8. The molecule has 1 saturated carbocycles. The normalized spacial score (nSPS) is 24.6. The quantitative estimate of drug-likeness (QED) is 0.468. The van der Waals surface area contributed by atoms with Gasteiger partial charge in [-0.3, -0.25) is 4.79 Å². The van der Waals surface area contributed by atoms with Gasteiger partial charge in [0.05, 0.1) is 37.3 Å². The van der Waals surface area contributed by atoms with Crippen LogP contribution in [0.5, 0.6) is 0 Å². The molecule has 0 spiro atoms. The smallest absolute Gasteiger partial charge is 0.409 e. The molecule has 0 bridgehead atoms. The number of carbonyl (C=O) groups excluding carboxylic acids is 2. The van der Waals surface area contributed by atoms with E-state index in [9.17, 15) is 24.6 Å². The van der Waals surface area contributed by atoms with Crippen LogP contribution in [0.15, 0.2) is 36.7 Å². The molecule has 2 N–H and O–H groups in total. The summed E-state index contributed by atoms with van der Waals surface area (Å²) in [6.45, 7) is 2.05. The number of benzene rings is 1. The van der Waals surface area contributed by atoms with E-state index in [-0.39, 0.29) is 56.6 Å². The number of piperidine rings is 1. The summed E-state index contributed by atoms with van der Waals surface area (Å²) >= 11 is 0. The highest BCUT2D eigenvalue weighted by atomic mass is 16.6. The minimum Gasteiger partial charge on any atom is -0.465 e. The van der Waals surface area contributed by atoms with Gasteiger partial charge in [0.25, 0.3) is 5.91 Å². The topological polar surface area (TPSA) is 138 Å². The average molecular weight is 598 g/mol. The first kappa shape index (κ1) is 30.8. The van der Waals surface area contributed by atoms with Crippen molar-refractivity contribution in [3.05, 3.63) is 42.4 Å². The van der Waals surface area contributed by atoms with Crippen LogP contribution in [-0.2, 0) is 9.47 Å². The predicted octanol–water partition coefficient (Wildman–Crippen LogP) is 3.86. The molecule has 3 aliphatic rings. The number of aliphatic hydroxyl groups is 1. The number of hydrogen-bond donors (Lipinski definition) is 2. The van der Waals surface area contributed by atoms with Crippen molar-refractivity contribution in [2.24, 2.45) is 0 Å². The van der Waals surface area contributed by atoms with E-state index in [1.54, 1.807) is 23.2 Å². The van der Waals surface area contributed by atoms with E-state index in [1.807, 2.05) is 34.9 Å². The summed E-state index contributed by atoms with van der Waals surface area (Å²) in [5, 5.41) is 21.3. The van der Waals surface area contributed by atoms with E-state index >= 15 is 0 Å². The Morgan fingerprint density at radius 3 is 2.49 bits per heavy atom. The van der Waals surface area contributed by atoms with Crippen LogP contribution in [0.1, 0.15) is 67.9 Å². The first-order chi connectivity index (χ1) is 20.8. The number of carbonyl (C=O) groups is 3. The fourth-order valence-corrected chi connectivity index (χ4v) is 6.79. The number of rotatable bonds is 8. The third kappa shape index (κ3) is 6.80. The van der Waals surface area contributed by atoms with Gasteiger partial charge in [-0.05, 0) is 32.1 Å². The van der Waals surface area contributed by atoms with Crippen LogP contribution in [0.3, 0.4) is 0 Å². The molecule has 234 valence electrons. The zero-order valence-corrected chi connectivity index (χ0v) is 24.9. The predicted molar refractivity (Wildman–Crippen MR) is 158 cm³/mol. The Balaban J connectivity index is 1.42. The van der Waals surface area contributed by atoms with Gasteiger partial charge in [-0.25, -0.2) is 14.6 Å². The van der Waals surface area contributed by atoms with Crippen LogP contribution in [0.25, 0.3) is 11.3 Å². The van der Waals surface area contributed by atoms with Gasteiger partial charge in [-0.15, -0.1) is 0 Å². The highest BCUT2D eigenvalue weighted by Gasteiger charge is 2.43. The van der Waals surface area contributed by atoms with Crippen molar-refractivity contribution < 1.29 is 34.1 Å². The standard InChI is InChI=1S/C31H43N5O7/c1-42-21-31(41)14-7-6-12-25(31)36-22-32-26(27(36)23-10-4-2-5-11-23)28(37)35-18-17-34(29(38)39)20-24(35)13-19-43-30(40)33-15-8-3-9-16-33/h2,4-5,10-11,22,24-25,41H,3,6-9,12-21H2,1H3,(H,38,39)/t24-,25-,31-/m1/s1. The van der Waals surface area contributed by atoms with Gasteiger partial charge in [0, 0.05) is 51.8 Å². The number of nitrogens with zero attached hydrogens (tertiary/aromatic N) is 5. The highest BCUT2D eigenvalue weighted by molar-refractivity contribution is 5.98. The fraction of sp³-hybridized carbons (Fsp3) is 0.613.